The van der Waals surface area contributed by atoms with Gasteiger partial charge in [0.25, 0.3) is 0 Å². The summed E-state index contributed by atoms with van der Waals surface area (Å²) >= 11 is 0. The summed E-state index contributed by atoms with van der Waals surface area (Å²) in [5.74, 6) is -0.284. The van der Waals surface area contributed by atoms with Gasteiger partial charge in [0.2, 0.25) is 0 Å². The summed E-state index contributed by atoms with van der Waals surface area (Å²) in [6, 6.07) is 7.57. The fourth-order valence-electron chi connectivity index (χ4n) is 1.27. The molecule has 0 saturated carbocycles. The van der Waals surface area contributed by atoms with Crippen LogP contribution in [0.5, 0.6) is 0 Å². The van der Waals surface area contributed by atoms with Gasteiger partial charge in [-0.25, -0.2) is 0 Å². The fourth-order valence-corrected chi connectivity index (χ4v) is 1.27. The van der Waals surface area contributed by atoms with Crippen molar-refractivity contribution in [2.45, 2.75) is 6.42 Å². The summed E-state index contributed by atoms with van der Waals surface area (Å²) in [6.45, 7) is 0. The van der Waals surface area contributed by atoms with Crippen molar-refractivity contribution >= 4 is 23.2 Å². The molecular weight excluding hydrogens is 206 g/mol. The number of aromatic nitrogens is 3. The molecule has 0 aliphatic carbocycles. The Labute approximate surface area is 92.3 Å². The molecule has 0 fully saturated rings. The second kappa shape index (κ2) is 4.57. The second-order valence-electron chi connectivity index (χ2n) is 3.17. The number of ether oxygens (including phenoxy) is 1. The lowest BCUT2D eigenvalue weighted by atomic mass is 10.3. The molecule has 1 aromatic carbocycles. The monoisotopic (exact) mass is 217 g/mol. The van der Waals surface area contributed by atoms with E-state index in [2.05, 4.69) is 14.9 Å². The van der Waals surface area contributed by atoms with E-state index in [4.69, 9.17) is 0 Å². The number of benzene rings is 1. The average molecular weight is 217 g/mol. The Morgan fingerprint density at radius 1 is 1.38 bits per heavy atom. The van der Waals surface area contributed by atoms with Gasteiger partial charge in [-0.05, 0) is 12.1 Å². The topological polar surface area (TPSA) is 57.0 Å². The summed E-state index contributed by atoms with van der Waals surface area (Å²) in [6.07, 6.45) is 3.51. The number of fused-ring (bicyclic) bond motifs is 1. The molecule has 2 aromatic rings. The van der Waals surface area contributed by atoms with Gasteiger partial charge in [0, 0.05) is 6.20 Å². The van der Waals surface area contributed by atoms with Crippen LogP contribution in [-0.2, 0) is 9.53 Å². The average Bonchev–Trinajstić information content (AvgIpc) is 2.71. The highest BCUT2D eigenvalue weighted by Crippen LogP contribution is 2.07. The third-order valence-corrected chi connectivity index (χ3v) is 2.05. The number of rotatable bonds is 3. The normalized spacial score (nSPS) is 11.1. The molecule has 0 aliphatic heterocycles. The van der Waals surface area contributed by atoms with Crippen LogP contribution in [-0.4, -0.2) is 28.1 Å². The molecule has 0 unspecified atom stereocenters. The van der Waals surface area contributed by atoms with E-state index in [9.17, 15) is 4.79 Å². The van der Waals surface area contributed by atoms with Crippen molar-refractivity contribution in [1.82, 2.24) is 15.0 Å². The molecule has 16 heavy (non-hydrogen) atoms. The molecule has 0 bridgehead atoms. The van der Waals surface area contributed by atoms with Crippen LogP contribution in [0.25, 0.3) is 17.2 Å². The van der Waals surface area contributed by atoms with Gasteiger partial charge >= 0.3 is 5.97 Å². The highest BCUT2D eigenvalue weighted by Gasteiger charge is 1.98. The van der Waals surface area contributed by atoms with Gasteiger partial charge < -0.3 is 4.74 Å². The predicted molar refractivity (Wildman–Crippen MR) is 59.5 cm³/mol. The summed E-state index contributed by atoms with van der Waals surface area (Å²) in [7, 11) is 1.36. The minimum atomic E-state index is -0.284. The second-order valence-corrected chi connectivity index (χ2v) is 3.17. The van der Waals surface area contributed by atoms with Gasteiger partial charge in [0.05, 0.1) is 13.5 Å². The van der Waals surface area contributed by atoms with Gasteiger partial charge in [-0.1, -0.05) is 18.2 Å². The fraction of sp³-hybridized carbons (Fsp3) is 0.182. The van der Waals surface area contributed by atoms with Gasteiger partial charge in [-0.3, -0.25) is 4.79 Å². The third-order valence-electron chi connectivity index (χ3n) is 2.05. The lowest BCUT2D eigenvalue weighted by Crippen LogP contribution is -1.98. The molecule has 0 aliphatic rings. The molecule has 2 rings (SSSR count). The van der Waals surface area contributed by atoms with Crippen molar-refractivity contribution in [3.05, 3.63) is 30.3 Å². The first-order valence-electron chi connectivity index (χ1n) is 4.84. The van der Waals surface area contributed by atoms with E-state index in [0.29, 0.717) is 0 Å². The largest absolute Gasteiger partial charge is 0.469 e. The zero-order valence-electron chi connectivity index (χ0n) is 8.83. The van der Waals surface area contributed by atoms with E-state index in [0.717, 1.165) is 11.0 Å². The molecule has 0 amide bonds. The van der Waals surface area contributed by atoms with E-state index in [1.165, 1.54) is 11.9 Å². The summed E-state index contributed by atoms with van der Waals surface area (Å²) < 4.78 is 4.51. The smallest absolute Gasteiger partial charge is 0.309 e. The van der Waals surface area contributed by atoms with Gasteiger partial charge in [-0.15, -0.1) is 10.2 Å². The number of hydrogen-bond donors (Lipinski definition) is 0. The summed E-state index contributed by atoms with van der Waals surface area (Å²) in [4.78, 5) is 12.3. The molecule has 0 saturated heterocycles. The SMILES string of the molecule is COC(=O)C/C=C/n1nc2ccccc2n1. The van der Waals surface area contributed by atoms with Crippen LogP contribution in [0.1, 0.15) is 6.42 Å². The van der Waals surface area contributed by atoms with Crippen molar-refractivity contribution in [2.24, 2.45) is 0 Å². The summed E-state index contributed by atoms with van der Waals surface area (Å²) in [5.41, 5.74) is 1.65. The molecule has 0 N–H and O–H groups in total. The Kier molecular flexibility index (Phi) is 2.95. The highest BCUT2D eigenvalue weighted by molar-refractivity contribution is 5.74. The maximum absolute atomic E-state index is 10.9. The number of methoxy groups -OCH3 is 1. The molecule has 0 atom stereocenters. The van der Waals surface area contributed by atoms with Crippen molar-refractivity contribution in [1.29, 1.82) is 0 Å². The molecule has 1 heterocycles. The van der Waals surface area contributed by atoms with Crippen LogP contribution in [0.2, 0.25) is 0 Å². The molecule has 0 radical (unpaired) electrons. The maximum atomic E-state index is 10.9. The lowest BCUT2D eigenvalue weighted by molar-refractivity contribution is -0.139. The van der Waals surface area contributed by atoms with Crippen LogP contribution >= 0.6 is 0 Å². The minimum Gasteiger partial charge on any atom is -0.469 e. The van der Waals surface area contributed by atoms with Crippen molar-refractivity contribution in [3.63, 3.8) is 0 Å². The molecule has 1 aromatic heterocycles. The molecule has 0 spiro atoms. The Morgan fingerprint density at radius 3 is 2.56 bits per heavy atom. The first-order valence-corrected chi connectivity index (χ1v) is 4.84. The zero-order chi connectivity index (χ0) is 11.4. The highest BCUT2D eigenvalue weighted by atomic mass is 16.5. The Balaban J connectivity index is 2.12. The first-order chi connectivity index (χ1) is 7.79. The molecule has 5 heteroatoms. The van der Waals surface area contributed by atoms with Crippen LogP contribution in [0, 0.1) is 0 Å². The van der Waals surface area contributed by atoms with E-state index < -0.39 is 0 Å². The number of esters is 1. The van der Waals surface area contributed by atoms with Crippen LogP contribution in [0.3, 0.4) is 0 Å². The third kappa shape index (κ3) is 2.25. The van der Waals surface area contributed by atoms with Gasteiger partial charge in [0.1, 0.15) is 11.0 Å². The molecule has 82 valence electrons. The van der Waals surface area contributed by atoms with Crippen LogP contribution in [0.15, 0.2) is 30.3 Å². The van der Waals surface area contributed by atoms with Crippen LogP contribution in [0.4, 0.5) is 0 Å². The van der Waals surface area contributed by atoms with Gasteiger partial charge in [-0.2, -0.15) is 4.80 Å². The Bertz CT molecular complexity index is 498. The lowest BCUT2D eigenvalue weighted by Gasteiger charge is -1.91. The number of carbonyl (C=O) groups excluding carboxylic acids is 1. The minimum absolute atomic E-state index is 0.217. The number of carbonyl (C=O) groups is 1. The van der Waals surface area contributed by atoms with E-state index in [1.807, 2.05) is 24.3 Å². The zero-order valence-corrected chi connectivity index (χ0v) is 8.83. The van der Waals surface area contributed by atoms with E-state index in [1.54, 1.807) is 12.3 Å². The predicted octanol–water partition coefficient (Wildman–Crippen LogP) is 1.47. The quantitative estimate of drug-likeness (QED) is 0.730. The van der Waals surface area contributed by atoms with Crippen molar-refractivity contribution < 1.29 is 9.53 Å². The van der Waals surface area contributed by atoms with E-state index in [-0.39, 0.29) is 12.4 Å². The van der Waals surface area contributed by atoms with Crippen molar-refractivity contribution in [2.75, 3.05) is 7.11 Å². The number of hydrogen-bond acceptors (Lipinski definition) is 4. The summed E-state index contributed by atoms with van der Waals surface area (Å²) in [5, 5.41) is 8.40. The molecule has 5 nitrogen and oxygen atoms in total. The van der Waals surface area contributed by atoms with Crippen molar-refractivity contribution in [3.8, 4) is 0 Å². The van der Waals surface area contributed by atoms with Gasteiger partial charge in [0.15, 0.2) is 0 Å². The standard InChI is InChI=1S/C11H11N3O2/c1-16-11(15)7-4-8-14-12-9-5-2-3-6-10(9)13-14/h2-6,8H,7H2,1H3/b8-4+. The first kappa shape index (κ1) is 10.4. The van der Waals surface area contributed by atoms with E-state index >= 15 is 0 Å². The number of nitrogens with zero attached hydrogens (tertiary/aromatic N) is 3. The van der Waals surface area contributed by atoms with Crippen LogP contribution < -0.4 is 0 Å². The maximum Gasteiger partial charge on any atom is 0.309 e. The molecular formula is C11H11N3O2. The Hall–Kier alpha value is -2.17. The Morgan fingerprint density at radius 2 is 2.00 bits per heavy atom.